The van der Waals surface area contributed by atoms with Crippen molar-refractivity contribution in [3.63, 3.8) is 0 Å². The van der Waals surface area contributed by atoms with Gasteiger partial charge in [0.05, 0.1) is 6.42 Å². The van der Waals surface area contributed by atoms with Crippen LogP contribution in [0.1, 0.15) is 28.0 Å². The van der Waals surface area contributed by atoms with Crippen LogP contribution in [-0.2, 0) is 54.5 Å². The second kappa shape index (κ2) is 18.7. The van der Waals surface area contributed by atoms with Crippen LogP contribution in [0.25, 0.3) is 0 Å². The minimum absolute atomic E-state index is 0.00946. The molecule has 2 bridgehead atoms. The topological polar surface area (TPSA) is 203 Å². The number of carboxylic acid groups (broad SMARTS) is 1. The number of amides is 5. The smallest absolute Gasteiger partial charge is 0.326 e. The SMILES string of the molecule is O=C1C[C@@H](O)C(=O)Nc2ccc(cc2)C[C@@H](C(=O)O)NC(=O)[C@@H](Cc2ccccc2)NC(=O)[C@H](Cc2ccc(Cl)cc2Cl)NC(=O)[C@@H](Cc2cccs2)N1. The average Bonchev–Trinajstić information content (AvgIpc) is 3.65. The average molecular weight is 795 g/mol. The lowest BCUT2D eigenvalue weighted by atomic mass is 10.0. The van der Waals surface area contributed by atoms with Crippen molar-refractivity contribution < 1.29 is 39.0 Å². The maximum Gasteiger partial charge on any atom is 0.326 e. The van der Waals surface area contributed by atoms with Gasteiger partial charge in [0.25, 0.3) is 5.91 Å². The van der Waals surface area contributed by atoms with E-state index in [2.05, 4.69) is 26.6 Å². The van der Waals surface area contributed by atoms with Gasteiger partial charge in [-0.2, -0.15) is 0 Å². The molecule has 0 radical (unpaired) electrons. The molecular weight excluding hydrogens is 757 g/mol. The Balaban J connectivity index is 1.53. The van der Waals surface area contributed by atoms with Crippen LogP contribution < -0.4 is 26.6 Å². The number of nitrogens with one attached hydrogen (secondary N) is 5. The highest BCUT2D eigenvalue weighted by molar-refractivity contribution is 7.09. The van der Waals surface area contributed by atoms with Crippen LogP contribution in [0.3, 0.4) is 0 Å². The van der Waals surface area contributed by atoms with Gasteiger partial charge in [-0.25, -0.2) is 4.79 Å². The van der Waals surface area contributed by atoms with Crippen LogP contribution in [-0.4, -0.2) is 76.0 Å². The highest BCUT2D eigenvalue weighted by Gasteiger charge is 2.33. The molecule has 2 aliphatic heterocycles. The van der Waals surface area contributed by atoms with Crippen molar-refractivity contribution in [2.24, 2.45) is 0 Å². The first-order valence-electron chi connectivity index (χ1n) is 16.9. The predicted molar refractivity (Wildman–Crippen MR) is 203 cm³/mol. The second-order valence-corrected chi connectivity index (χ2v) is 14.5. The van der Waals surface area contributed by atoms with E-state index in [1.807, 2.05) is 0 Å². The molecule has 16 heteroatoms. The van der Waals surface area contributed by atoms with Gasteiger partial charge in [0.2, 0.25) is 23.6 Å². The van der Waals surface area contributed by atoms with Gasteiger partial charge in [-0.3, -0.25) is 24.0 Å². The van der Waals surface area contributed by atoms with Gasteiger partial charge in [-0.15, -0.1) is 11.3 Å². The third-order valence-electron chi connectivity index (χ3n) is 8.58. The van der Waals surface area contributed by atoms with Crippen LogP contribution in [0.15, 0.2) is 90.3 Å². The Morgan fingerprint density at radius 1 is 0.704 bits per heavy atom. The first-order valence-corrected chi connectivity index (χ1v) is 18.5. The molecule has 3 heterocycles. The zero-order chi connectivity index (χ0) is 38.8. The molecule has 0 aliphatic carbocycles. The van der Waals surface area contributed by atoms with Crippen LogP contribution in [0, 0.1) is 0 Å². The molecule has 3 aromatic carbocycles. The minimum atomic E-state index is -1.79. The van der Waals surface area contributed by atoms with E-state index in [9.17, 15) is 39.0 Å². The molecule has 1 aromatic heterocycles. The summed E-state index contributed by atoms with van der Waals surface area (Å²) in [6.07, 6.45) is -2.81. The van der Waals surface area contributed by atoms with E-state index in [1.165, 1.54) is 29.5 Å². The Kier molecular flexibility index (Phi) is 13.8. The lowest BCUT2D eigenvalue weighted by Gasteiger charge is -2.26. The Labute approximate surface area is 324 Å². The van der Waals surface area contributed by atoms with E-state index >= 15 is 0 Å². The number of hydrogen-bond donors (Lipinski definition) is 7. The van der Waals surface area contributed by atoms with Crippen molar-refractivity contribution in [3.8, 4) is 0 Å². The fraction of sp³-hybridized carbons (Fsp3) is 0.263. The molecule has 0 fully saturated rings. The van der Waals surface area contributed by atoms with E-state index < -0.39 is 72.2 Å². The normalized spacial score (nSPS) is 21.8. The third-order valence-corrected chi connectivity index (χ3v) is 10.1. The molecule has 13 nitrogen and oxygen atoms in total. The molecule has 0 unspecified atom stereocenters. The second-order valence-electron chi connectivity index (χ2n) is 12.7. The maximum absolute atomic E-state index is 14.2. The van der Waals surface area contributed by atoms with Crippen molar-refractivity contribution in [1.29, 1.82) is 0 Å². The molecule has 4 aromatic rings. The summed E-state index contributed by atoms with van der Waals surface area (Å²) in [4.78, 5) is 81.2. The molecule has 54 heavy (non-hydrogen) atoms. The van der Waals surface area contributed by atoms with E-state index in [0.29, 0.717) is 21.7 Å². The van der Waals surface area contributed by atoms with Gasteiger partial charge < -0.3 is 36.8 Å². The van der Waals surface area contributed by atoms with Crippen molar-refractivity contribution in [1.82, 2.24) is 21.3 Å². The quantitative estimate of drug-likeness (QED) is 0.138. The van der Waals surface area contributed by atoms with Crippen molar-refractivity contribution in [2.45, 2.75) is 62.4 Å². The fourth-order valence-electron chi connectivity index (χ4n) is 5.74. The number of hydrogen-bond acceptors (Lipinski definition) is 8. The Hall–Kier alpha value is -5.28. The van der Waals surface area contributed by atoms with E-state index in [0.717, 1.165) is 4.88 Å². The summed E-state index contributed by atoms with van der Waals surface area (Å²) < 4.78 is 0. The largest absolute Gasteiger partial charge is 0.480 e. The summed E-state index contributed by atoms with van der Waals surface area (Å²) in [7, 11) is 0. The van der Waals surface area contributed by atoms with Gasteiger partial charge >= 0.3 is 5.97 Å². The number of aliphatic hydroxyl groups excluding tert-OH is 1. The summed E-state index contributed by atoms with van der Waals surface area (Å²) >= 11 is 13.9. The van der Waals surface area contributed by atoms with Crippen molar-refractivity contribution in [3.05, 3.63) is 122 Å². The lowest BCUT2D eigenvalue weighted by Crippen LogP contribution is -2.59. The lowest BCUT2D eigenvalue weighted by molar-refractivity contribution is -0.142. The molecule has 6 rings (SSSR count). The van der Waals surface area contributed by atoms with E-state index in [-0.39, 0.29) is 36.4 Å². The number of halogens is 2. The standard InChI is InChI=1S/C38H37Cl2N5O8S/c39-24-11-10-23(27(40)18-24)17-29-35(49)43-28(15-21-5-2-1-3-6-21)34(48)45-31(38(52)53)16-22-8-12-25(13-9-22)41-37(51)32(46)20-33(47)42-30(36(50)44-29)19-26-7-4-14-54-26/h1-14,18,28-32,46H,15-17,19-20H2,(H,41,51)(H,42,47)(H,43,49)(H,44,50)(H,45,48)(H,52,53)/t28-,29+,30-,31+,32-/m1/s1. The number of anilines is 1. The molecule has 2 aliphatic rings. The number of rotatable bonds is 7. The number of carbonyl (C=O) groups excluding carboxylic acids is 5. The first kappa shape index (κ1) is 39.9. The fourth-order valence-corrected chi connectivity index (χ4v) is 6.98. The number of fused-ring (bicyclic) bond motifs is 18. The molecule has 5 atom stereocenters. The minimum Gasteiger partial charge on any atom is -0.480 e. The molecule has 0 saturated heterocycles. The number of aliphatic hydroxyl groups is 1. The van der Waals surface area contributed by atoms with Gasteiger partial charge in [-0.1, -0.05) is 77.8 Å². The summed E-state index contributed by atoms with van der Waals surface area (Å²) in [6, 6.07) is 17.6. The van der Waals surface area contributed by atoms with E-state index in [1.54, 1.807) is 72.1 Å². The monoisotopic (exact) mass is 793 g/mol. The Bertz CT molecular complexity index is 1980. The van der Waals surface area contributed by atoms with Crippen molar-refractivity contribution in [2.75, 3.05) is 5.32 Å². The maximum atomic E-state index is 14.2. The van der Waals surface area contributed by atoms with Gasteiger partial charge in [0, 0.05) is 46.3 Å². The number of carboxylic acids is 1. The van der Waals surface area contributed by atoms with Crippen LogP contribution in [0.4, 0.5) is 5.69 Å². The predicted octanol–water partition coefficient (Wildman–Crippen LogP) is 3.05. The van der Waals surface area contributed by atoms with Crippen LogP contribution >= 0.6 is 34.5 Å². The summed E-state index contributed by atoms with van der Waals surface area (Å²) in [6.45, 7) is 0. The van der Waals surface area contributed by atoms with Crippen molar-refractivity contribution >= 4 is 75.7 Å². The molecule has 7 N–H and O–H groups in total. The summed E-state index contributed by atoms with van der Waals surface area (Å²) in [5.74, 6) is -5.39. The van der Waals surface area contributed by atoms with Gasteiger partial charge in [0.15, 0.2) is 0 Å². The molecule has 0 spiro atoms. The molecule has 282 valence electrons. The molecular formula is C38H37Cl2N5O8S. The van der Waals surface area contributed by atoms with Gasteiger partial charge in [-0.05, 0) is 52.4 Å². The van der Waals surface area contributed by atoms with Crippen LogP contribution in [0.5, 0.6) is 0 Å². The molecule has 5 amide bonds. The Morgan fingerprint density at radius 3 is 1.98 bits per heavy atom. The zero-order valence-electron chi connectivity index (χ0n) is 28.6. The summed E-state index contributed by atoms with van der Waals surface area (Å²) in [5.41, 5.74) is 1.85. The highest BCUT2D eigenvalue weighted by Crippen LogP contribution is 2.23. The summed E-state index contributed by atoms with van der Waals surface area (Å²) in [5, 5.41) is 36.0. The number of benzene rings is 3. The Morgan fingerprint density at radius 2 is 1.35 bits per heavy atom. The van der Waals surface area contributed by atoms with Gasteiger partial charge in [0.1, 0.15) is 30.3 Å². The number of carbonyl (C=O) groups is 6. The van der Waals surface area contributed by atoms with E-state index in [4.69, 9.17) is 23.2 Å². The zero-order valence-corrected chi connectivity index (χ0v) is 30.9. The number of thiophene rings is 1. The van der Waals surface area contributed by atoms with Crippen LogP contribution in [0.2, 0.25) is 10.0 Å². The highest BCUT2D eigenvalue weighted by atomic mass is 35.5. The molecule has 0 saturated carbocycles. The number of aliphatic carboxylic acids is 1. The first-order chi connectivity index (χ1) is 25.8. The third kappa shape index (κ3) is 11.4.